The zero-order valence-electron chi connectivity index (χ0n) is 16.6. The maximum Gasteiger partial charge on any atom is 0.335 e. The van der Waals surface area contributed by atoms with Gasteiger partial charge in [-0.15, -0.1) is 0 Å². The third-order valence-electron chi connectivity index (χ3n) is 4.05. The molecule has 0 heterocycles. The molecule has 0 aromatic heterocycles. The molecule has 24 heavy (non-hydrogen) atoms. The fourth-order valence-corrected chi connectivity index (χ4v) is 2.56. The summed E-state index contributed by atoms with van der Waals surface area (Å²) in [5, 5.41) is 0. The van der Waals surface area contributed by atoms with Gasteiger partial charge in [0.2, 0.25) is 6.29 Å². The second-order valence-electron chi connectivity index (χ2n) is 7.30. The molecule has 0 radical (unpaired) electrons. The molecule has 0 saturated carbocycles. The van der Waals surface area contributed by atoms with Crippen LogP contribution in [0.25, 0.3) is 0 Å². The standard InChI is InChI=1S/C21H40O3/c1-6-7-8-9-10-11-12-13-14-15-16-23-20(17-18(2)3)24-21(22)19(4)5/h18,20H,4,6-17H2,1-3,5H3. The Balaban J connectivity index is 3.65. The van der Waals surface area contributed by atoms with Crippen LogP contribution in [0.5, 0.6) is 0 Å². The average Bonchev–Trinajstić information content (AvgIpc) is 2.51. The van der Waals surface area contributed by atoms with Crippen LogP contribution in [0.15, 0.2) is 12.2 Å². The predicted octanol–water partition coefficient (Wildman–Crippen LogP) is 6.42. The highest BCUT2D eigenvalue weighted by Gasteiger charge is 2.16. The van der Waals surface area contributed by atoms with E-state index in [1.165, 1.54) is 57.8 Å². The molecule has 0 aliphatic heterocycles. The summed E-state index contributed by atoms with van der Waals surface area (Å²) in [5.41, 5.74) is 0.422. The first-order chi connectivity index (χ1) is 11.5. The molecule has 3 heteroatoms. The number of ether oxygens (including phenoxy) is 2. The van der Waals surface area contributed by atoms with Gasteiger partial charge < -0.3 is 9.47 Å². The number of esters is 1. The number of unbranched alkanes of at least 4 members (excludes halogenated alkanes) is 9. The topological polar surface area (TPSA) is 35.5 Å². The lowest BCUT2D eigenvalue weighted by Gasteiger charge is -2.20. The van der Waals surface area contributed by atoms with Gasteiger partial charge in [-0.2, -0.15) is 0 Å². The molecule has 0 aromatic rings. The molecule has 0 rings (SSSR count). The van der Waals surface area contributed by atoms with E-state index in [9.17, 15) is 4.79 Å². The molecule has 0 spiro atoms. The highest BCUT2D eigenvalue weighted by atomic mass is 16.7. The first-order valence-corrected chi connectivity index (χ1v) is 9.95. The van der Waals surface area contributed by atoms with E-state index in [2.05, 4.69) is 27.4 Å². The monoisotopic (exact) mass is 340 g/mol. The Hall–Kier alpha value is -0.830. The van der Waals surface area contributed by atoms with Crippen molar-refractivity contribution >= 4 is 5.97 Å². The Kier molecular flexibility index (Phi) is 15.1. The quantitative estimate of drug-likeness (QED) is 0.141. The molecule has 0 bridgehead atoms. The maximum atomic E-state index is 11.6. The van der Waals surface area contributed by atoms with Crippen LogP contribution >= 0.6 is 0 Å². The van der Waals surface area contributed by atoms with E-state index < -0.39 is 6.29 Å². The molecule has 0 saturated heterocycles. The summed E-state index contributed by atoms with van der Waals surface area (Å²) >= 11 is 0. The van der Waals surface area contributed by atoms with Gasteiger partial charge in [-0.05, 0) is 19.3 Å². The molecule has 0 aliphatic carbocycles. The molecular formula is C21H40O3. The summed E-state index contributed by atoms with van der Waals surface area (Å²) in [6.45, 7) is 12.4. The number of carbonyl (C=O) groups is 1. The second-order valence-corrected chi connectivity index (χ2v) is 7.30. The van der Waals surface area contributed by atoms with Gasteiger partial charge in [0.25, 0.3) is 0 Å². The van der Waals surface area contributed by atoms with Crippen LogP contribution in [-0.4, -0.2) is 18.9 Å². The van der Waals surface area contributed by atoms with Crippen LogP contribution in [0.1, 0.15) is 98.3 Å². The van der Waals surface area contributed by atoms with Crippen molar-refractivity contribution in [3.63, 3.8) is 0 Å². The van der Waals surface area contributed by atoms with E-state index in [0.717, 1.165) is 12.8 Å². The van der Waals surface area contributed by atoms with Gasteiger partial charge in [0.15, 0.2) is 0 Å². The summed E-state index contributed by atoms with van der Waals surface area (Å²) < 4.78 is 11.1. The van der Waals surface area contributed by atoms with E-state index >= 15 is 0 Å². The van der Waals surface area contributed by atoms with Gasteiger partial charge in [-0.3, -0.25) is 0 Å². The van der Waals surface area contributed by atoms with Gasteiger partial charge >= 0.3 is 5.97 Å². The molecule has 3 nitrogen and oxygen atoms in total. The molecular weight excluding hydrogens is 300 g/mol. The zero-order chi connectivity index (χ0) is 18.2. The number of rotatable bonds is 16. The Morgan fingerprint density at radius 1 is 0.917 bits per heavy atom. The summed E-state index contributed by atoms with van der Waals surface area (Å²) in [5.74, 6) is 0.0735. The Morgan fingerprint density at radius 2 is 1.42 bits per heavy atom. The summed E-state index contributed by atoms with van der Waals surface area (Å²) in [4.78, 5) is 11.6. The summed E-state index contributed by atoms with van der Waals surface area (Å²) in [6.07, 6.45) is 13.3. The first kappa shape index (κ1) is 23.2. The molecule has 0 N–H and O–H groups in total. The molecule has 1 atom stereocenters. The molecule has 0 fully saturated rings. The Morgan fingerprint density at radius 3 is 1.88 bits per heavy atom. The predicted molar refractivity (Wildman–Crippen MR) is 102 cm³/mol. The number of hydrogen-bond acceptors (Lipinski definition) is 3. The van der Waals surface area contributed by atoms with Crippen molar-refractivity contribution in [2.75, 3.05) is 6.61 Å². The van der Waals surface area contributed by atoms with Crippen molar-refractivity contribution in [3.05, 3.63) is 12.2 Å². The lowest BCUT2D eigenvalue weighted by Crippen LogP contribution is -2.24. The minimum absolute atomic E-state index is 0.358. The van der Waals surface area contributed by atoms with Crippen LogP contribution in [0.3, 0.4) is 0 Å². The van der Waals surface area contributed by atoms with Crippen molar-refractivity contribution < 1.29 is 14.3 Å². The molecule has 1 unspecified atom stereocenters. The smallest absolute Gasteiger partial charge is 0.335 e. The van der Waals surface area contributed by atoms with Crippen LogP contribution < -0.4 is 0 Å². The van der Waals surface area contributed by atoms with Crippen molar-refractivity contribution in [3.8, 4) is 0 Å². The van der Waals surface area contributed by atoms with Crippen LogP contribution in [0.4, 0.5) is 0 Å². The first-order valence-electron chi connectivity index (χ1n) is 9.95. The zero-order valence-corrected chi connectivity index (χ0v) is 16.6. The van der Waals surface area contributed by atoms with Crippen molar-refractivity contribution in [2.24, 2.45) is 5.92 Å². The Labute approximate surface area is 150 Å². The number of carbonyl (C=O) groups excluding carboxylic acids is 1. The number of hydrogen-bond donors (Lipinski definition) is 0. The molecule has 0 aromatic carbocycles. The third-order valence-corrected chi connectivity index (χ3v) is 4.05. The van der Waals surface area contributed by atoms with E-state index in [1.54, 1.807) is 6.92 Å². The van der Waals surface area contributed by atoms with E-state index in [4.69, 9.17) is 9.47 Å². The minimum Gasteiger partial charge on any atom is -0.432 e. The largest absolute Gasteiger partial charge is 0.432 e. The van der Waals surface area contributed by atoms with Crippen molar-refractivity contribution in [1.29, 1.82) is 0 Å². The third kappa shape index (κ3) is 14.7. The molecule has 0 amide bonds. The highest BCUT2D eigenvalue weighted by Crippen LogP contribution is 2.14. The van der Waals surface area contributed by atoms with E-state index in [-0.39, 0.29) is 5.97 Å². The van der Waals surface area contributed by atoms with Gasteiger partial charge in [0.05, 0.1) is 6.61 Å². The highest BCUT2D eigenvalue weighted by molar-refractivity contribution is 5.86. The van der Waals surface area contributed by atoms with Crippen LogP contribution in [0, 0.1) is 5.92 Å². The SMILES string of the molecule is C=C(C)C(=O)OC(CC(C)C)OCCCCCCCCCCCC. The second kappa shape index (κ2) is 15.7. The van der Waals surface area contributed by atoms with E-state index in [0.29, 0.717) is 18.1 Å². The van der Waals surface area contributed by atoms with Crippen LogP contribution in [0.2, 0.25) is 0 Å². The summed E-state index contributed by atoms with van der Waals surface area (Å²) in [7, 11) is 0. The van der Waals surface area contributed by atoms with Crippen molar-refractivity contribution in [1.82, 2.24) is 0 Å². The van der Waals surface area contributed by atoms with Gasteiger partial charge in [0, 0.05) is 12.0 Å². The normalized spacial score (nSPS) is 12.4. The van der Waals surface area contributed by atoms with Gasteiger partial charge in [0.1, 0.15) is 0 Å². The van der Waals surface area contributed by atoms with Crippen LogP contribution in [-0.2, 0) is 14.3 Å². The van der Waals surface area contributed by atoms with Gasteiger partial charge in [-0.1, -0.05) is 85.1 Å². The van der Waals surface area contributed by atoms with Crippen molar-refractivity contribution in [2.45, 2.75) is 105 Å². The minimum atomic E-state index is -0.437. The van der Waals surface area contributed by atoms with E-state index in [1.807, 2.05) is 0 Å². The maximum absolute atomic E-state index is 11.6. The lowest BCUT2D eigenvalue weighted by atomic mass is 10.1. The summed E-state index contributed by atoms with van der Waals surface area (Å²) in [6, 6.07) is 0. The fraction of sp³-hybridized carbons (Fsp3) is 0.857. The Bertz CT molecular complexity index is 323. The average molecular weight is 341 g/mol. The lowest BCUT2D eigenvalue weighted by molar-refractivity contribution is -0.177. The fourth-order valence-electron chi connectivity index (χ4n) is 2.56. The molecule has 0 aliphatic rings. The van der Waals surface area contributed by atoms with Gasteiger partial charge in [-0.25, -0.2) is 4.79 Å². The molecule has 142 valence electrons.